The average molecular weight is 416 g/mol. The van der Waals surface area contributed by atoms with E-state index < -0.39 is 12.0 Å². The predicted molar refractivity (Wildman–Crippen MR) is 104 cm³/mol. The van der Waals surface area contributed by atoms with E-state index in [0.29, 0.717) is 35.4 Å². The van der Waals surface area contributed by atoms with E-state index in [-0.39, 0.29) is 24.8 Å². The zero-order valence-corrected chi connectivity index (χ0v) is 16.6. The molecule has 0 spiro atoms. The summed E-state index contributed by atoms with van der Waals surface area (Å²) in [5.74, 6) is -1.16. The van der Waals surface area contributed by atoms with Crippen molar-refractivity contribution in [2.45, 2.75) is 32.2 Å². The van der Waals surface area contributed by atoms with Crippen molar-refractivity contribution in [2.24, 2.45) is 0 Å². The van der Waals surface area contributed by atoms with Gasteiger partial charge < -0.3 is 20.3 Å². The lowest BCUT2D eigenvalue weighted by Crippen LogP contribution is -2.58. The number of piperazine rings is 1. The van der Waals surface area contributed by atoms with Crippen LogP contribution in [0.2, 0.25) is 10.0 Å². The van der Waals surface area contributed by atoms with Crippen LogP contribution in [-0.2, 0) is 19.1 Å². The molecule has 2 rings (SSSR count). The number of hydrogen-bond donors (Lipinski definition) is 2. The van der Waals surface area contributed by atoms with Crippen molar-refractivity contribution in [2.75, 3.05) is 31.6 Å². The van der Waals surface area contributed by atoms with Crippen LogP contribution in [-0.4, -0.2) is 55.0 Å². The molecule has 0 bridgehead atoms. The van der Waals surface area contributed by atoms with Gasteiger partial charge in [0.15, 0.2) is 0 Å². The Morgan fingerprint density at radius 2 is 2.15 bits per heavy atom. The third-order valence-electron chi connectivity index (χ3n) is 4.13. The fourth-order valence-corrected chi connectivity index (χ4v) is 3.03. The number of ether oxygens (including phenoxy) is 1. The number of benzene rings is 1. The first-order chi connectivity index (χ1) is 12.9. The number of carbonyl (C=O) groups excluding carboxylic acids is 3. The molecule has 2 amide bonds. The molecule has 148 valence electrons. The standard InChI is InChI=1S/C18H23Cl2N3O4/c1-2-3-8-27-17(25)10-15-18(26)21-6-7-23(15)16(24)11-22-14-9-12(19)4-5-13(14)20/h4-5,9,15,22H,2-3,6-8,10-11H2,1H3,(H,21,26). The number of unbranched alkanes of at least 4 members (excludes halogenated alkanes) is 1. The number of halogens is 2. The normalized spacial score (nSPS) is 16.6. The van der Waals surface area contributed by atoms with Crippen molar-refractivity contribution in [1.82, 2.24) is 10.2 Å². The van der Waals surface area contributed by atoms with Crippen molar-refractivity contribution in [3.8, 4) is 0 Å². The lowest BCUT2D eigenvalue weighted by atomic mass is 10.1. The molecule has 1 atom stereocenters. The van der Waals surface area contributed by atoms with Gasteiger partial charge in [0, 0.05) is 18.1 Å². The molecular formula is C18H23Cl2N3O4. The molecule has 0 aliphatic carbocycles. The Balaban J connectivity index is 1.97. The molecule has 1 aliphatic heterocycles. The second kappa shape index (κ2) is 10.4. The summed E-state index contributed by atoms with van der Waals surface area (Å²) >= 11 is 12.0. The van der Waals surface area contributed by atoms with E-state index in [1.807, 2.05) is 6.92 Å². The van der Waals surface area contributed by atoms with E-state index in [1.165, 1.54) is 4.90 Å². The molecule has 9 heteroatoms. The molecule has 1 aromatic carbocycles. The highest BCUT2D eigenvalue weighted by Crippen LogP contribution is 2.25. The number of hydrogen-bond acceptors (Lipinski definition) is 5. The van der Waals surface area contributed by atoms with Gasteiger partial charge in [-0.25, -0.2) is 0 Å². The quantitative estimate of drug-likeness (QED) is 0.502. The summed E-state index contributed by atoms with van der Waals surface area (Å²) in [4.78, 5) is 38.2. The Bertz CT molecular complexity index is 699. The van der Waals surface area contributed by atoms with Gasteiger partial charge in [-0.3, -0.25) is 14.4 Å². The van der Waals surface area contributed by atoms with Crippen molar-refractivity contribution in [3.05, 3.63) is 28.2 Å². The highest BCUT2D eigenvalue weighted by atomic mass is 35.5. The third kappa shape index (κ3) is 6.29. The van der Waals surface area contributed by atoms with Gasteiger partial charge in [0.05, 0.1) is 30.3 Å². The fraction of sp³-hybridized carbons (Fsp3) is 0.500. The molecule has 0 radical (unpaired) electrons. The minimum absolute atomic E-state index is 0.0747. The zero-order chi connectivity index (χ0) is 19.8. The van der Waals surface area contributed by atoms with Crippen molar-refractivity contribution in [3.63, 3.8) is 0 Å². The van der Waals surface area contributed by atoms with Gasteiger partial charge in [0.2, 0.25) is 11.8 Å². The average Bonchev–Trinajstić information content (AvgIpc) is 2.64. The van der Waals surface area contributed by atoms with E-state index in [2.05, 4.69) is 10.6 Å². The van der Waals surface area contributed by atoms with Crippen LogP contribution in [0.1, 0.15) is 26.2 Å². The van der Waals surface area contributed by atoms with Crippen molar-refractivity contribution < 1.29 is 19.1 Å². The molecule has 0 saturated carbocycles. The van der Waals surface area contributed by atoms with Crippen LogP contribution in [0.5, 0.6) is 0 Å². The second-order valence-electron chi connectivity index (χ2n) is 6.15. The van der Waals surface area contributed by atoms with Gasteiger partial charge in [0.25, 0.3) is 0 Å². The van der Waals surface area contributed by atoms with Crippen LogP contribution in [0.4, 0.5) is 5.69 Å². The minimum Gasteiger partial charge on any atom is -0.466 e. The van der Waals surface area contributed by atoms with E-state index >= 15 is 0 Å². The molecule has 0 aromatic heterocycles. The summed E-state index contributed by atoms with van der Waals surface area (Å²) in [6.07, 6.45) is 1.49. The minimum atomic E-state index is -0.878. The summed E-state index contributed by atoms with van der Waals surface area (Å²) < 4.78 is 5.12. The number of nitrogens with one attached hydrogen (secondary N) is 2. The lowest BCUT2D eigenvalue weighted by molar-refractivity contribution is -0.151. The van der Waals surface area contributed by atoms with Crippen molar-refractivity contribution in [1.29, 1.82) is 0 Å². The number of nitrogens with zero attached hydrogens (tertiary/aromatic N) is 1. The Morgan fingerprint density at radius 3 is 2.89 bits per heavy atom. The monoisotopic (exact) mass is 415 g/mol. The maximum Gasteiger partial charge on any atom is 0.308 e. The number of esters is 1. The molecule has 1 fully saturated rings. The first-order valence-corrected chi connectivity index (χ1v) is 9.59. The molecule has 1 heterocycles. The van der Waals surface area contributed by atoms with Gasteiger partial charge in [-0.1, -0.05) is 36.5 Å². The topological polar surface area (TPSA) is 87.7 Å². The third-order valence-corrected chi connectivity index (χ3v) is 4.70. The second-order valence-corrected chi connectivity index (χ2v) is 6.99. The Hall–Kier alpha value is -1.99. The van der Waals surface area contributed by atoms with E-state index in [0.717, 1.165) is 12.8 Å². The molecule has 1 saturated heterocycles. The molecule has 1 aromatic rings. The molecule has 27 heavy (non-hydrogen) atoms. The highest BCUT2D eigenvalue weighted by Gasteiger charge is 2.34. The predicted octanol–water partition coefficient (Wildman–Crippen LogP) is 2.47. The van der Waals surface area contributed by atoms with Crippen LogP contribution >= 0.6 is 23.2 Å². The smallest absolute Gasteiger partial charge is 0.308 e. The molecule has 1 aliphatic rings. The lowest BCUT2D eigenvalue weighted by Gasteiger charge is -2.34. The summed E-state index contributed by atoms with van der Waals surface area (Å²) in [7, 11) is 0. The van der Waals surface area contributed by atoms with Gasteiger partial charge in [-0.05, 0) is 24.6 Å². The maximum atomic E-state index is 12.6. The van der Waals surface area contributed by atoms with E-state index in [4.69, 9.17) is 27.9 Å². The van der Waals surface area contributed by atoms with Gasteiger partial charge >= 0.3 is 5.97 Å². The summed E-state index contributed by atoms with van der Waals surface area (Å²) in [6, 6.07) is 4.01. The molecule has 7 nitrogen and oxygen atoms in total. The van der Waals surface area contributed by atoms with Crippen molar-refractivity contribution >= 4 is 46.7 Å². The molecule has 2 N–H and O–H groups in total. The number of anilines is 1. The van der Waals surface area contributed by atoms with Crippen LogP contribution in [0.3, 0.4) is 0 Å². The summed E-state index contributed by atoms with van der Waals surface area (Å²) in [6.45, 7) is 2.88. The summed E-state index contributed by atoms with van der Waals surface area (Å²) in [5.41, 5.74) is 0.523. The number of amides is 2. The highest BCUT2D eigenvalue weighted by molar-refractivity contribution is 6.35. The first kappa shape index (κ1) is 21.3. The Labute approximate surface area is 168 Å². The van der Waals surface area contributed by atoms with E-state index in [1.54, 1.807) is 18.2 Å². The Morgan fingerprint density at radius 1 is 1.37 bits per heavy atom. The van der Waals surface area contributed by atoms with E-state index in [9.17, 15) is 14.4 Å². The van der Waals surface area contributed by atoms with Crippen LogP contribution in [0, 0.1) is 0 Å². The molecule has 1 unspecified atom stereocenters. The van der Waals surface area contributed by atoms with Crippen LogP contribution < -0.4 is 10.6 Å². The Kier molecular flexibility index (Phi) is 8.19. The fourth-order valence-electron chi connectivity index (χ4n) is 2.67. The SMILES string of the molecule is CCCCOC(=O)CC1C(=O)NCCN1C(=O)CNc1cc(Cl)ccc1Cl. The zero-order valence-electron chi connectivity index (χ0n) is 15.1. The first-order valence-electron chi connectivity index (χ1n) is 8.84. The largest absolute Gasteiger partial charge is 0.466 e. The van der Waals surface area contributed by atoms with Crippen LogP contribution in [0.15, 0.2) is 18.2 Å². The number of rotatable bonds is 8. The van der Waals surface area contributed by atoms with Gasteiger partial charge in [-0.2, -0.15) is 0 Å². The number of carbonyl (C=O) groups is 3. The van der Waals surface area contributed by atoms with Gasteiger partial charge in [-0.15, -0.1) is 0 Å². The van der Waals surface area contributed by atoms with Crippen LogP contribution in [0.25, 0.3) is 0 Å². The molecular weight excluding hydrogens is 393 g/mol. The van der Waals surface area contributed by atoms with Gasteiger partial charge in [0.1, 0.15) is 6.04 Å². The maximum absolute atomic E-state index is 12.6. The summed E-state index contributed by atoms with van der Waals surface area (Å²) in [5, 5.41) is 6.52.